The van der Waals surface area contributed by atoms with Gasteiger partial charge in [0.15, 0.2) is 16.9 Å². The Morgan fingerprint density at radius 2 is 1.91 bits per heavy atom. The number of hydrogen-bond acceptors (Lipinski definition) is 7. The number of hydrogen-bond donors (Lipinski definition) is 4. The molecule has 0 bridgehead atoms. The molecule has 0 aliphatic carbocycles. The Bertz CT molecular complexity index is 1130. The van der Waals surface area contributed by atoms with Crippen LogP contribution in [0.1, 0.15) is 28.4 Å². The van der Waals surface area contributed by atoms with Crippen LogP contribution >= 0.6 is 0 Å². The molecule has 6 N–H and O–H groups in total. The average Bonchev–Trinajstić information content (AvgIpc) is 2.71. The van der Waals surface area contributed by atoms with Gasteiger partial charge >= 0.3 is 6.18 Å². The zero-order valence-electron chi connectivity index (χ0n) is 17.1. The number of benzene rings is 1. The first-order valence-corrected chi connectivity index (χ1v) is 9.26. The summed E-state index contributed by atoms with van der Waals surface area (Å²) >= 11 is 0. The van der Waals surface area contributed by atoms with Crippen LogP contribution in [0.5, 0.6) is 11.5 Å². The summed E-state index contributed by atoms with van der Waals surface area (Å²) in [5.41, 5.74) is 7.46. The molecule has 1 amide bonds. The largest absolute Gasteiger partial charge is 0.493 e. The minimum atomic E-state index is -4.48. The second-order valence-corrected chi connectivity index (χ2v) is 6.97. The number of hydrazine groups is 1. The first kappa shape index (κ1) is 22.9. The van der Waals surface area contributed by atoms with Crippen molar-refractivity contribution in [2.45, 2.75) is 25.1 Å². The lowest BCUT2D eigenvalue weighted by atomic mass is 9.90. The Labute approximate surface area is 179 Å². The number of halogens is 3. The number of rotatable bonds is 5. The molecule has 0 radical (unpaired) electrons. The minimum absolute atomic E-state index is 0.00713. The van der Waals surface area contributed by atoms with Crippen molar-refractivity contribution < 1.29 is 27.4 Å². The molecule has 0 fully saturated rings. The lowest BCUT2D eigenvalue weighted by Crippen LogP contribution is -2.41. The highest BCUT2D eigenvalue weighted by atomic mass is 19.4. The van der Waals surface area contributed by atoms with E-state index in [2.05, 4.69) is 10.4 Å². The molecule has 1 aromatic heterocycles. The number of alkyl halides is 3. The summed E-state index contributed by atoms with van der Waals surface area (Å²) in [6.45, 7) is 0. The van der Waals surface area contributed by atoms with E-state index < -0.39 is 41.5 Å². The topological polar surface area (TPSA) is 146 Å². The zero-order valence-corrected chi connectivity index (χ0v) is 17.1. The SMILES string of the molecule is COc1cc2c(cc1OC)-c1cc(=O)c(C(=O)NC(N)=NNN)cn1C(CC(F)(F)F)C2. The maximum atomic E-state index is 13.3. The van der Waals surface area contributed by atoms with Crippen molar-refractivity contribution in [2.75, 3.05) is 14.2 Å². The number of pyridine rings is 1. The van der Waals surface area contributed by atoms with Crippen LogP contribution in [0.15, 0.2) is 34.3 Å². The summed E-state index contributed by atoms with van der Waals surface area (Å²) in [4.78, 5) is 25.1. The summed E-state index contributed by atoms with van der Waals surface area (Å²) < 4.78 is 51.8. The molecular weight excluding hydrogens is 433 g/mol. The highest BCUT2D eigenvalue weighted by molar-refractivity contribution is 6.05. The van der Waals surface area contributed by atoms with Gasteiger partial charge in [-0.15, -0.1) is 5.10 Å². The molecule has 1 aliphatic rings. The molecule has 0 saturated heterocycles. The van der Waals surface area contributed by atoms with Crippen LogP contribution in [0.25, 0.3) is 11.3 Å². The first-order valence-electron chi connectivity index (χ1n) is 9.26. The number of ether oxygens (including phenoxy) is 2. The normalized spacial score (nSPS) is 15.4. The van der Waals surface area contributed by atoms with Gasteiger partial charge in [0.05, 0.1) is 26.3 Å². The molecular formula is C19H21F3N6O4. The van der Waals surface area contributed by atoms with Crippen molar-refractivity contribution in [3.63, 3.8) is 0 Å². The van der Waals surface area contributed by atoms with E-state index in [4.69, 9.17) is 21.1 Å². The third kappa shape index (κ3) is 4.61. The van der Waals surface area contributed by atoms with Gasteiger partial charge in [-0.2, -0.15) is 13.2 Å². The molecule has 1 aromatic carbocycles. The second-order valence-electron chi connectivity index (χ2n) is 6.97. The van der Waals surface area contributed by atoms with Crippen molar-refractivity contribution in [3.05, 3.63) is 45.7 Å². The third-order valence-corrected chi connectivity index (χ3v) is 4.95. The van der Waals surface area contributed by atoms with E-state index in [1.165, 1.54) is 18.8 Å². The molecule has 172 valence electrons. The molecule has 13 heteroatoms. The highest BCUT2D eigenvalue weighted by Crippen LogP contribution is 2.43. The Morgan fingerprint density at radius 3 is 2.50 bits per heavy atom. The fourth-order valence-corrected chi connectivity index (χ4v) is 3.64. The van der Waals surface area contributed by atoms with Crippen LogP contribution < -0.4 is 37.3 Å². The molecule has 10 nitrogen and oxygen atoms in total. The Morgan fingerprint density at radius 1 is 1.25 bits per heavy atom. The standard InChI is InChI=1S/C19H21F3N6O4/c1-31-15-4-9-3-10(7-19(20,21)22)28-8-12(17(30)25-18(23)26-27-24)14(29)6-13(28)11(9)5-16(15)32-2/h4-6,8,10,27H,3,7,24H2,1-2H3,(H3,23,25,26,30). The monoisotopic (exact) mass is 454 g/mol. The Kier molecular flexibility index (Phi) is 6.30. The summed E-state index contributed by atoms with van der Waals surface area (Å²) in [6.07, 6.45) is -4.57. The Hall–Kier alpha value is -3.74. The van der Waals surface area contributed by atoms with Crippen LogP contribution in [0.4, 0.5) is 13.2 Å². The number of carbonyl (C=O) groups excluding carboxylic acids is 1. The minimum Gasteiger partial charge on any atom is -0.493 e. The van der Waals surface area contributed by atoms with Crippen LogP contribution in [0.3, 0.4) is 0 Å². The number of hydrazone groups is 1. The van der Waals surface area contributed by atoms with Crippen LogP contribution in [-0.4, -0.2) is 36.8 Å². The number of fused-ring (bicyclic) bond motifs is 3. The molecule has 0 saturated carbocycles. The van der Waals surface area contributed by atoms with Crippen LogP contribution in [-0.2, 0) is 6.42 Å². The average molecular weight is 454 g/mol. The number of aromatic nitrogens is 1. The van der Waals surface area contributed by atoms with Crippen LogP contribution in [0, 0.1) is 0 Å². The van der Waals surface area contributed by atoms with E-state index in [1.807, 2.05) is 5.53 Å². The van der Waals surface area contributed by atoms with Crippen molar-refractivity contribution >= 4 is 11.9 Å². The van der Waals surface area contributed by atoms with E-state index in [0.29, 0.717) is 22.6 Å². The molecule has 2 heterocycles. The van der Waals surface area contributed by atoms with Crippen LogP contribution in [0.2, 0.25) is 0 Å². The van der Waals surface area contributed by atoms with Crippen molar-refractivity contribution in [2.24, 2.45) is 16.7 Å². The number of nitrogens with two attached hydrogens (primary N) is 2. The van der Waals surface area contributed by atoms with E-state index in [1.54, 1.807) is 12.1 Å². The molecule has 1 unspecified atom stereocenters. The fourth-order valence-electron chi connectivity index (χ4n) is 3.64. The Balaban J connectivity index is 2.17. The van der Waals surface area contributed by atoms with Gasteiger partial charge in [0, 0.05) is 23.9 Å². The van der Waals surface area contributed by atoms with Gasteiger partial charge in [-0.3, -0.25) is 14.9 Å². The fraction of sp³-hybridized carbons (Fsp3) is 0.316. The predicted octanol–water partition coefficient (Wildman–Crippen LogP) is 1.00. The summed E-state index contributed by atoms with van der Waals surface area (Å²) in [5, 5.41) is 5.48. The van der Waals surface area contributed by atoms with Gasteiger partial charge in [0.2, 0.25) is 5.96 Å². The molecule has 0 spiro atoms. The number of nitrogens with one attached hydrogen (secondary N) is 2. The molecule has 3 rings (SSSR count). The van der Waals surface area contributed by atoms with Gasteiger partial charge in [0.1, 0.15) is 5.56 Å². The quantitative estimate of drug-likeness (QED) is 0.228. The predicted molar refractivity (Wildman–Crippen MR) is 109 cm³/mol. The number of methoxy groups -OCH3 is 2. The van der Waals surface area contributed by atoms with Gasteiger partial charge in [0.25, 0.3) is 5.91 Å². The van der Waals surface area contributed by atoms with E-state index in [0.717, 1.165) is 12.3 Å². The number of amides is 1. The number of carbonyl (C=O) groups is 1. The summed E-state index contributed by atoms with van der Waals surface area (Å²) in [7, 11) is 2.83. The zero-order chi connectivity index (χ0) is 23.6. The van der Waals surface area contributed by atoms with Gasteiger partial charge < -0.3 is 19.8 Å². The maximum absolute atomic E-state index is 13.3. The molecule has 32 heavy (non-hydrogen) atoms. The third-order valence-electron chi connectivity index (χ3n) is 4.95. The maximum Gasteiger partial charge on any atom is 0.391 e. The summed E-state index contributed by atoms with van der Waals surface area (Å²) in [5.74, 6) is 4.31. The number of guanidine groups is 1. The summed E-state index contributed by atoms with van der Waals surface area (Å²) in [6, 6.07) is 3.18. The second kappa shape index (κ2) is 8.78. The van der Waals surface area contributed by atoms with Gasteiger partial charge in [-0.05, 0) is 24.1 Å². The molecule has 1 aliphatic heterocycles. The van der Waals surface area contributed by atoms with Gasteiger partial charge in [-0.1, -0.05) is 0 Å². The smallest absolute Gasteiger partial charge is 0.391 e. The van der Waals surface area contributed by atoms with Crippen molar-refractivity contribution in [1.29, 1.82) is 0 Å². The van der Waals surface area contributed by atoms with Gasteiger partial charge in [-0.25, -0.2) is 11.4 Å². The molecule has 2 aromatic rings. The van der Waals surface area contributed by atoms with E-state index in [9.17, 15) is 22.8 Å². The molecule has 1 atom stereocenters. The highest BCUT2D eigenvalue weighted by Gasteiger charge is 2.36. The first-order chi connectivity index (χ1) is 15.1. The lowest BCUT2D eigenvalue weighted by Gasteiger charge is -2.32. The van der Waals surface area contributed by atoms with E-state index >= 15 is 0 Å². The van der Waals surface area contributed by atoms with E-state index in [-0.39, 0.29) is 12.1 Å². The number of nitrogens with zero attached hydrogens (tertiary/aromatic N) is 2. The van der Waals surface area contributed by atoms with Crippen molar-refractivity contribution in [1.82, 2.24) is 15.4 Å². The lowest BCUT2D eigenvalue weighted by molar-refractivity contribution is -0.142. The van der Waals surface area contributed by atoms with Crippen molar-refractivity contribution in [3.8, 4) is 22.8 Å².